The molecule has 0 radical (unpaired) electrons. The fourth-order valence-corrected chi connectivity index (χ4v) is 1.78. The first-order valence-electron chi connectivity index (χ1n) is 5.38. The summed E-state index contributed by atoms with van der Waals surface area (Å²) in [5.41, 5.74) is 6.47. The van der Waals surface area contributed by atoms with E-state index < -0.39 is 5.82 Å². The lowest BCUT2D eigenvalue weighted by Crippen LogP contribution is -2.32. The molecule has 2 N–H and O–H groups in total. The number of hydrogen-bond acceptors (Lipinski definition) is 3. The summed E-state index contributed by atoms with van der Waals surface area (Å²) >= 11 is 5.87. The third kappa shape index (κ3) is 2.96. The molecule has 0 amide bonds. The van der Waals surface area contributed by atoms with E-state index in [1.807, 2.05) is 13.8 Å². The minimum absolute atomic E-state index is 0.241. The van der Waals surface area contributed by atoms with Gasteiger partial charge in [-0.3, -0.25) is 0 Å². The minimum Gasteiger partial charge on any atom is -0.439 e. The molecule has 0 spiro atoms. The zero-order chi connectivity index (χ0) is 12.6. The van der Waals surface area contributed by atoms with Gasteiger partial charge in [0.05, 0.1) is 5.02 Å². The summed E-state index contributed by atoms with van der Waals surface area (Å²) < 4.78 is 18.6. The van der Waals surface area contributed by atoms with Crippen LogP contribution in [0.2, 0.25) is 5.02 Å². The lowest BCUT2D eigenvalue weighted by molar-refractivity contribution is 0.435. The van der Waals surface area contributed by atoms with E-state index in [-0.39, 0.29) is 10.6 Å². The highest BCUT2D eigenvalue weighted by Crippen LogP contribution is 2.26. The van der Waals surface area contributed by atoms with E-state index in [2.05, 4.69) is 4.98 Å². The molecule has 0 saturated heterocycles. The Morgan fingerprint density at radius 2 is 2.18 bits per heavy atom. The molecule has 17 heavy (non-hydrogen) atoms. The van der Waals surface area contributed by atoms with Gasteiger partial charge in [-0.2, -0.15) is 0 Å². The predicted molar refractivity (Wildman–Crippen MR) is 65.6 cm³/mol. The predicted octanol–water partition coefficient (Wildman–Crippen LogP) is 3.29. The van der Waals surface area contributed by atoms with Crippen molar-refractivity contribution in [1.29, 1.82) is 0 Å². The molecule has 0 aliphatic heterocycles. The highest BCUT2D eigenvalue weighted by Gasteiger charge is 2.15. The van der Waals surface area contributed by atoms with Gasteiger partial charge in [-0.25, -0.2) is 9.37 Å². The number of fused-ring (bicyclic) bond motifs is 1. The van der Waals surface area contributed by atoms with Gasteiger partial charge >= 0.3 is 0 Å². The van der Waals surface area contributed by atoms with Crippen LogP contribution in [0.5, 0.6) is 0 Å². The van der Waals surface area contributed by atoms with E-state index in [1.54, 1.807) is 0 Å². The summed E-state index contributed by atoms with van der Waals surface area (Å²) in [4.78, 5) is 4.19. The number of hydrogen-bond donors (Lipinski definition) is 1. The van der Waals surface area contributed by atoms with E-state index in [1.165, 1.54) is 12.1 Å². The number of aryl methyl sites for hydroxylation is 1. The van der Waals surface area contributed by atoms with E-state index in [0.29, 0.717) is 23.4 Å². The quantitative estimate of drug-likeness (QED) is 0.917. The van der Waals surface area contributed by atoms with Crippen LogP contribution in [0.4, 0.5) is 4.39 Å². The summed E-state index contributed by atoms with van der Waals surface area (Å²) in [5, 5.41) is 0.241. The smallest absolute Gasteiger partial charge is 0.195 e. The van der Waals surface area contributed by atoms with E-state index in [9.17, 15) is 4.39 Å². The second kappa shape index (κ2) is 4.27. The Kier molecular flexibility index (Phi) is 3.10. The van der Waals surface area contributed by atoms with Gasteiger partial charge in [0.2, 0.25) is 0 Å². The molecular formula is C12H14ClFN2O. The lowest BCUT2D eigenvalue weighted by Gasteiger charge is -2.16. The molecule has 92 valence electrons. The number of rotatable bonds is 3. The topological polar surface area (TPSA) is 52.0 Å². The first-order chi connectivity index (χ1) is 7.85. The highest BCUT2D eigenvalue weighted by molar-refractivity contribution is 6.34. The molecule has 0 saturated carbocycles. The van der Waals surface area contributed by atoms with Crippen molar-refractivity contribution in [2.24, 2.45) is 5.73 Å². The van der Waals surface area contributed by atoms with Crippen molar-refractivity contribution < 1.29 is 8.81 Å². The summed E-state index contributed by atoms with van der Waals surface area (Å²) in [7, 11) is 0. The summed E-state index contributed by atoms with van der Waals surface area (Å²) in [6.45, 7) is 3.87. The van der Waals surface area contributed by atoms with Crippen LogP contribution in [0.15, 0.2) is 16.5 Å². The Morgan fingerprint density at radius 3 is 2.82 bits per heavy atom. The van der Waals surface area contributed by atoms with Gasteiger partial charge in [-0.15, -0.1) is 0 Å². The Morgan fingerprint density at radius 1 is 1.47 bits per heavy atom. The van der Waals surface area contributed by atoms with Crippen LogP contribution in [0, 0.1) is 5.82 Å². The van der Waals surface area contributed by atoms with Crippen molar-refractivity contribution in [1.82, 2.24) is 4.98 Å². The summed E-state index contributed by atoms with van der Waals surface area (Å²) in [5.74, 6) is 0.118. The van der Waals surface area contributed by atoms with Crippen molar-refractivity contribution >= 4 is 22.7 Å². The molecule has 0 aliphatic rings. The van der Waals surface area contributed by atoms with Gasteiger partial charge in [0.25, 0.3) is 0 Å². The Bertz CT molecular complexity index is 545. The highest BCUT2D eigenvalue weighted by atomic mass is 35.5. The molecule has 0 atom stereocenters. The second-order valence-corrected chi connectivity index (χ2v) is 5.24. The molecule has 1 aromatic heterocycles. The van der Waals surface area contributed by atoms with Gasteiger partial charge in [0.1, 0.15) is 11.3 Å². The van der Waals surface area contributed by atoms with Crippen LogP contribution in [-0.4, -0.2) is 10.5 Å². The van der Waals surface area contributed by atoms with Crippen LogP contribution in [0.3, 0.4) is 0 Å². The van der Waals surface area contributed by atoms with Crippen molar-refractivity contribution in [2.45, 2.75) is 32.2 Å². The molecule has 0 unspecified atom stereocenters. The standard InChI is InChI=1S/C12H14ClFN2O/c1-12(2,15)4-3-10-16-9-6-7(14)5-8(13)11(9)17-10/h5-6H,3-4,15H2,1-2H3. The molecule has 1 heterocycles. The van der Waals surface area contributed by atoms with Crippen molar-refractivity contribution in [3.05, 3.63) is 28.9 Å². The van der Waals surface area contributed by atoms with Gasteiger partial charge in [0.15, 0.2) is 11.5 Å². The third-order valence-electron chi connectivity index (χ3n) is 2.44. The molecule has 5 heteroatoms. The normalized spacial score (nSPS) is 12.3. The summed E-state index contributed by atoms with van der Waals surface area (Å²) in [6, 6.07) is 2.52. The number of halogens is 2. The maximum absolute atomic E-state index is 13.1. The largest absolute Gasteiger partial charge is 0.439 e. The van der Waals surface area contributed by atoms with Crippen LogP contribution in [0.25, 0.3) is 11.1 Å². The van der Waals surface area contributed by atoms with Crippen LogP contribution >= 0.6 is 11.6 Å². The monoisotopic (exact) mass is 256 g/mol. The number of benzene rings is 1. The van der Waals surface area contributed by atoms with Crippen LogP contribution < -0.4 is 5.73 Å². The number of aromatic nitrogens is 1. The molecule has 0 bridgehead atoms. The van der Waals surface area contributed by atoms with E-state index in [4.69, 9.17) is 21.8 Å². The zero-order valence-electron chi connectivity index (χ0n) is 9.76. The molecule has 2 aromatic rings. The Balaban J connectivity index is 2.29. The SMILES string of the molecule is CC(C)(N)CCc1nc2cc(F)cc(Cl)c2o1. The van der Waals surface area contributed by atoms with Crippen molar-refractivity contribution in [3.8, 4) is 0 Å². The van der Waals surface area contributed by atoms with Gasteiger partial charge in [0, 0.05) is 18.0 Å². The second-order valence-electron chi connectivity index (χ2n) is 4.83. The van der Waals surface area contributed by atoms with Crippen LogP contribution in [0.1, 0.15) is 26.2 Å². The van der Waals surface area contributed by atoms with Crippen LogP contribution in [-0.2, 0) is 6.42 Å². The number of oxazole rings is 1. The van der Waals surface area contributed by atoms with E-state index in [0.717, 1.165) is 6.42 Å². The maximum Gasteiger partial charge on any atom is 0.195 e. The number of nitrogens with two attached hydrogens (primary N) is 1. The first kappa shape index (κ1) is 12.3. The Hall–Kier alpha value is -1.13. The molecule has 0 aliphatic carbocycles. The zero-order valence-corrected chi connectivity index (χ0v) is 10.5. The van der Waals surface area contributed by atoms with Gasteiger partial charge in [-0.05, 0) is 26.3 Å². The lowest BCUT2D eigenvalue weighted by atomic mass is 10.0. The average Bonchev–Trinajstić information content (AvgIpc) is 2.56. The Labute approximate surface area is 104 Å². The molecule has 0 fully saturated rings. The minimum atomic E-state index is -0.415. The van der Waals surface area contributed by atoms with Crippen molar-refractivity contribution in [3.63, 3.8) is 0 Å². The molecular weight excluding hydrogens is 243 g/mol. The molecule has 3 nitrogen and oxygen atoms in total. The fourth-order valence-electron chi connectivity index (χ4n) is 1.54. The van der Waals surface area contributed by atoms with Crippen molar-refractivity contribution in [2.75, 3.05) is 0 Å². The van der Waals surface area contributed by atoms with E-state index >= 15 is 0 Å². The molecule has 1 aromatic carbocycles. The van der Waals surface area contributed by atoms with Gasteiger partial charge in [-0.1, -0.05) is 11.6 Å². The fraction of sp³-hybridized carbons (Fsp3) is 0.417. The first-order valence-corrected chi connectivity index (χ1v) is 5.76. The maximum atomic E-state index is 13.1. The average molecular weight is 257 g/mol. The third-order valence-corrected chi connectivity index (χ3v) is 2.72. The molecule has 2 rings (SSSR count). The summed E-state index contributed by atoms with van der Waals surface area (Å²) in [6.07, 6.45) is 1.34. The number of nitrogens with zero attached hydrogens (tertiary/aromatic N) is 1. The van der Waals surface area contributed by atoms with Gasteiger partial charge < -0.3 is 10.2 Å².